The summed E-state index contributed by atoms with van der Waals surface area (Å²) >= 11 is 0. The molecule has 0 aromatic carbocycles. The van der Waals surface area contributed by atoms with Crippen LogP contribution in [0.4, 0.5) is 0 Å². The number of allylic oxidation sites excluding steroid dienone is 2. The van der Waals surface area contributed by atoms with E-state index in [1.54, 1.807) is 13.0 Å². The van der Waals surface area contributed by atoms with Gasteiger partial charge in [0.1, 0.15) is 30.9 Å². The van der Waals surface area contributed by atoms with Gasteiger partial charge in [0, 0.05) is 13.1 Å². The molecule has 0 aliphatic carbocycles. The number of aryl methyl sites for hydroxylation is 1. The fraction of sp³-hybridized carbons (Fsp3) is 0.516. The van der Waals surface area contributed by atoms with E-state index in [4.69, 9.17) is 18.0 Å². The third kappa shape index (κ3) is 7.25. The Hall–Kier alpha value is -3.99. The van der Waals surface area contributed by atoms with Crippen LogP contribution in [0.25, 0.3) is 23.2 Å². The molecule has 42 heavy (non-hydrogen) atoms. The number of aromatic nitrogens is 3. The van der Waals surface area contributed by atoms with Crippen LogP contribution in [0.3, 0.4) is 0 Å². The lowest BCUT2D eigenvalue weighted by Gasteiger charge is -2.30. The van der Waals surface area contributed by atoms with E-state index in [2.05, 4.69) is 40.2 Å². The molecule has 3 aromatic rings. The first-order valence-electron chi connectivity index (χ1n) is 14.5. The second-order valence-electron chi connectivity index (χ2n) is 11.2. The highest BCUT2D eigenvalue weighted by molar-refractivity contribution is 5.87. The molecule has 3 aromatic heterocycles. The number of carbonyl (C=O) groups is 2. The molecule has 11 heteroatoms. The van der Waals surface area contributed by atoms with E-state index in [1.165, 1.54) is 18.1 Å². The van der Waals surface area contributed by atoms with Gasteiger partial charge in [-0.15, -0.1) is 0 Å². The smallest absolute Gasteiger partial charge is 0.360 e. The maximum absolute atomic E-state index is 13.7. The molecule has 3 atom stereocenters. The number of amides is 1. The number of hydrogen-bond acceptors (Lipinski definition) is 10. The molecular weight excluding hydrogens is 538 g/mol. The highest BCUT2D eigenvalue weighted by atomic mass is 16.5. The van der Waals surface area contributed by atoms with Crippen molar-refractivity contribution >= 4 is 11.9 Å². The molecule has 1 fully saturated rings. The van der Waals surface area contributed by atoms with Crippen molar-refractivity contribution < 1.29 is 27.6 Å². The molecule has 1 saturated heterocycles. The Morgan fingerprint density at radius 1 is 1.10 bits per heavy atom. The van der Waals surface area contributed by atoms with Crippen LogP contribution < -0.4 is 5.32 Å². The van der Waals surface area contributed by atoms with Gasteiger partial charge < -0.3 is 28.2 Å². The van der Waals surface area contributed by atoms with Crippen molar-refractivity contribution in [1.82, 2.24) is 25.2 Å². The zero-order valence-corrected chi connectivity index (χ0v) is 25.5. The molecule has 4 heterocycles. The molecular formula is C31H41N5O6. The number of carbonyl (C=O) groups excluding carboxylic acids is 2. The molecule has 0 spiro atoms. The molecule has 1 aliphatic heterocycles. The molecule has 1 amide bonds. The van der Waals surface area contributed by atoms with Crippen LogP contribution in [0.2, 0.25) is 0 Å². The maximum atomic E-state index is 13.7. The fourth-order valence-corrected chi connectivity index (χ4v) is 4.70. The summed E-state index contributed by atoms with van der Waals surface area (Å²) in [7, 11) is 0. The molecule has 0 unspecified atom stereocenters. The van der Waals surface area contributed by atoms with E-state index in [0.717, 1.165) is 24.8 Å². The Morgan fingerprint density at radius 3 is 2.57 bits per heavy atom. The number of ether oxygens (including phenoxy) is 1. The highest BCUT2D eigenvalue weighted by Gasteiger charge is 2.38. The van der Waals surface area contributed by atoms with Crippen molar-refractivity contribution in [3.63, 3.8) is 0 Å². The van der Waals surface area contributed by atoms with Gasteiger partial charge in [-0.2, -0.15) is 0 Å². The lowest BCUT2D eigenvalue weighted by atomic mass is 9.97. The van der Waals surface area contributed by atoms with Gasteiger partial charge >= 0.3 is 5.97 Å². The van der Waals surface area contributed by atoms with Crippen molar-refractivity contribution in [3.05, 3.63) is 53.2 Å². The minimum absolute atomic E-state index is 0.0388. The monoisotopic (exact) mass is 579 g/mol. The van der Waals surface area contributed by atoms with E-state index in [-0.39, 0.29) is 48.0 Å². The van der Waals surface area contributed by atoms with E-state index in [0.29, 0.717) is 36.1 Å². The van der Waals surface area contributed by atoms with E-state index in [1.807, 2.05) is 32.6 Å². The summed E-state index contributed by atoms with van der Waals surface area (Å²) < 4.78 is 22.4. The predicted octanol–water partition coefficient (Wildman–Crippen LogP) is 6.05. The van der Waals surface area contributed by atoms with Gasteiger partial charge in [0.15, 0.2) is 17.1 Å². The van der Waals surface area contributed by atoms with Crippen molar-refractivity contribution in [2.45, 2.75) is 79.8 Å². The number of oxazole rings is 3. The molecule has 0 bridgehead atoms. The normalized spacial score (nSPS) is 16.3. The Bertz CT molecular complexity index is 1440. The van der Waals surface area contributed by atoms with E-state index < -0.39 is 5.97 Å². The van der Waals surface area contributed by atoms with Gasteiger partial charge in [0.05, 0.1) is 6.04 Å². The predicted molar refractivity (Wildman–Crippen MR) is 156 cm³/mol. The van der Waals surface area contributed by atoms with Crippen molar-refractivity contribution in [2.24, 2.45) is 5.92 Å². The summed E-state index contributed by atoms with van der Waals surface area (Å²) in [4.78, 5) is 41.3. The topological polar surface area (TPSA) is 137 Å². The minimum Gasteiger partial charge on any atom is -0.457 e. The Morgan fingerprint density at radius 2 is 1.86 bits per heavy atom. The van der Waals surface area contributed by atoms with Crippen molar-refractivity contribution in [1.29, 1.82) is 0 Å². The molecule has 0 saturated carbocycles. The van der Waals surface area contributed by atoms with Gasteiger partial charge in [0.2, 0.25) is 23.6 Å². The summed E-state index contributed by atoms with van der Waals surface area (Å²) in [5, 5.41) is 3.44. The van der Waals surface area contributed by atoms with Crippen molar-refractivity contribution in [3.8, 4) is 23.2 Å². The van der Waals surface area contributed by atoms with Gasteiger partial charge in [-0.05, 0) is 59.5 Å². The molecule has 226 valence electrons. The van der Waals surface area contributed by atoms with Crippen LogP contribution >= 0.6 is 0 Å². The fourth-order valence-electron chi connectivity index (χ4n) is 4.70. The lowest BCUT2D eigenvalue weighted by Crippen LogP contribution is -2.49. The zero-order chi connectivity index (χ0) is 30.4. The molecule has 4 rings (SSSR count). The molecule has 0 radical (unpaired) electrons. The largest absolute Gasteiger partial charge is 0.457 e. The van der Waals surface area contributed by atoms with Crippen LogP contribution in [0.15, 0.2) is 49.1 Å². The first kappa shape index (κ1) is 31.0. The number of hydrogen-bond donors (Lipinski definition) is 1. The van der Waals surface area contributed by atoms with Crippen LogP contribution in [-0.4, -0.2) is 57.5 Å². The van der Waals surface area contributed by atoms with Crippen LogP contribution in [0, 0.1) is 12.8 Å². The SMILES string of the molecule is CC[C@H](C)[C@H](NCC=C(C)C)C(=O)N1CCC[C@H]1c1nc(-c2nc(-c3nc(C(=O)OCC=C(C)C)co3)c(C)o2)co1. The average Bonchev–Trinajstić information content (AvgIpc) is 3.75. The minimum atomic E-state index is -0.594. The molecule has 11 nitrogen and oxygen atoms in total. The van der Waals surface area contributed by atoms with Gasteiger partial charge in [-0.3, -0.25) is 4.79 Å². The number of nitrogens with zero attached hydrogens (tertiary/aromatic N) is 4. The van der Waals surface area contributed by atoms with E-state index >= 15 is 0 Å². The average molecular weight is 580 g/mol. The summed E-state index contributed by atoms with van der Waals surface area (Å²) in [5.74, 6) is 0.874. The third-order valence-corrected chi connectivity index (χ3v) is 7.31. The molecule has 1 N–H and O–H groups in total. The Balaban J connectivity index is 1.49. The first-order valence-corrected chi connectivity index (χ1v) is 14.5. The van der Waals surface area contributed by atoms with Crippen LogP contribution in [-0.2, 0) is 9.53 Å². The van der Waals surface area contributed by atoms with E-state index in [9.17, 15) is 9.59 Å². The van der Waals surface area contributed by atoms with Crippen molar-refractivity contribution in [2.75, 3.05) is 19.7 Å². The molecule has 1 aliphatic rings. The summed E-state index contributed by atoms with van der Waals surface area (Å²) in [5.41, 5.74) is 3.02. The quantitative estimate of drug-likeness (QED) is 0.199. The lowest BCUT2D eigenvalue weighted by molar-refractivity contribution is -0.136. The summed E-state index contributed by atoms with van der Waals surface area (Å²) in [6.07, 6.45) is 9.10. The second kappa shape index (κ2) is 13.8. The number of nitrogens with one attached hydrogen (secondary N) is 1. The second-order valence-corrected chi connectivity index (χ2v) is 11.2. The standard InChI is InChI=1S/C31H41N5O6/c1-8-20(6)25(32-13-11-18(2)3)30(37)36-14-9-10-24(36)28-33-22(16-40-28)27-35-26(21(7)42-27)29-34-23(17-41-29)31(38)39-15-12-19(4)5/h11-12,16-17,20,24-25,32H,8-10,13-15H2,1-7H3/t20-,24-,25-/m0/s1. The van der Waals surface area contributed by atoms with Crippen LogP contribution in [0.5, 0.6) is 0 Å². The van der Waals surface area contributed by atoms with Crippen LogP contribution in [0.1, 0.15) is 89.0 Å². The Labute approximate surface area is 246 Å². The highest BCUT2D eigenvalue weighted by Crippen LogP contribution is 2.35. The summed E-state index contributed by atoms with van der Waals surface area (Å²) in [6, 6.07) is -0.571. The van der Waals surface area contributed by atoms with Gasteiger partial charge in [0.25, 0.3) is 0 Å². The number of rotatable bonds is 12. The third-order valence-electron chi connectivity index (χ3n) is 7.31. The zero-order valence-electron chi connectivity index (χ0n) is 25.5. The number of likely N-dealkylation sites (tertiary alicyclic amines) is 1. The maximum Gasteiger partial charge on any atom is 0.360 e. The first-order chi connectivity index (χ1) is 20.1. The summed E-state index contributed by atoms with van der Waals surface area (Å²) in [6.45, 7) is 15.3. The number of esters is 1. The Kier molecular flexibility index (Phi) is 10.2. The van der Waals surface area contributed by atoms with Gasteiger partial charge in [-0.1, -0.05) is 37.5 Å². The van der Waals surface area contributed by atoms with Gasteiger partial charge in [-0.25, -0.2) is 19.7 Å².